The zero-order chi connectivity index (χ0) is 37.1. The molecule has 0 aliphatic carbocycles. The molecule has 3 unspecified atom stereocenters. The molecule has 0 rings (SSSR count). The van der Waals surface area contributed by atoms with Gasteiger partial charge in [-0.2, -0.15) is 0 Å². The van der Waals surface area contributed by atoms with Crippen LogP contribution in [-0.2, 0) is 19.1 Å². The summed E-state index contributed by atoms with van der Waals surface area (Å²) in [4.78, 5) is 25.6. The second-order valence-electron chi connectivity index (χ2n) is 15.4. The van der Waals surface area contributed by atoms with Gasteiger partial charge in [-0.3, -0.25) is 9.59 Å². The lowest BCUT2D eigenvalue weighted by Gasteiger charge is -2.37. The first-order valence-electron chi connectivity index (χ1n) is 21.3. The molecule has 0 saturated carbocycles. The van der Waals surface area contributed by atoms with Crippen molar-refractivity contribution in [3.05, 3.63) is 24.3 Å². The van der Waals surface area contributed by atoms with Gasteiger partial charge in [0.15, 0.2) is 0 Å². The first-order valence-corrected chi connectivity index (χ1v) is 21.3. The molecule has 0 radical (unpaired) electrons. The topological polar surface area (TPSA) is 98.8 Å². The van der Waals surface area contributed by atoms with Crippen LogP contribution in [0.2, 0.25) is 0 Å². The summed E-state index contributed by atoms with van der Waals surface area (Å²) in [7, 11) is 0. The summed E-state index contributed by atoms with van der Waals surface area (Å²) in [6.45, 7) is 9.61. The fraction of sp³-hybridized carbons (Fsp3) is 0.864. The van der Waals surface area contributed by atoms with Crippen molar-refractivity contribution in [3.8, 4) is 0 Å². The van der Waals surface area contributed by atoms with Gasteiger partial charge in [0.2, 0.25) is 0 Å². The van der Waals surface area contributed by atoms with E-state index in [9.17, 15) is 14.7 Å². The number of halogens is 1. The number of unbranched alkanes of at least 4 members (excludes halogenated alkanes) is 22. The molecule has 0 aromatic heterocycles. The molecule has 51 heavy (non-hydrogen) atoms. The minimum atomic E-state index is -0.813. The molecule has 3 atom stereocenters. The molecule has 0 aliphatic rings. The van der Waals surface area contributed by atoms with Crippen molar-refractivity contribution in [3.63, 3.8) is 0 Å². The number of esters is 2. The molecule has 0 amide bonds. The molecule has 6 nitrogen and oxygen atoms in total. The van der Waals surface area contributed by atoms with Crippen molar-refractivity contribution >= 4 is 28.9 Å². The molecule has 302 valence electrons. The maximum atomic E-state index is 12.9. The molecule has 0 heterocycles. The fourth-order valence-corrected chi connectivity index (χ4v) is 6.49. The molecule has 3 N–H and O–H groups in total. The van der Waals surface area contributed by atoms with Gasteiger partial charge in [-0.25, -0.2) is 0 Å². The van der Waals surface area contributed by atoms with E-state index in [-0.39, 0.29) is 35.5 Å². The lowest BCUT2D eigenvalue weighted by atomic mass is 9.82. The average Bonchev–Trinajstić information content (AvgIpc) is 3.07. The highest BCUT2D eigenvalue weighted by molar-refractivity contribution is 8.93. The van der Waals surface area contributed by atoms with Crippen LogP contribution in [0.1, 0.15) is 214 Å². The van der Waals surface area contributed by atoms with Crippen molar-refractivity contribution in [2.75, 3.05) is 6.61 Å². The number of hydrogen-bond donors (Lipinski definition) is 2. The molecule has 0 saturated heterocycles. The van der Waals surface area contributed by atoms with E-state index in [4.69, 9.17) is 15.2 Å². The number of allylic oxidation sites excluding steroid dienone is 4. The van der Waals surface area contributed by atoms with Crippen molar-refractivity contribution in [1.29, 1.82) is 0 Å². The third-order valence-corrected chi connectivity index (χ3v) is 9.88. The van der Waals surface area contributed by atoms with E-state index >= 15 is 0 Å². The van der Waals surface area contributed by atoms with E-state index < -0.39 is 23.7 Å². The van der Waals surface area contributed by atoms with Crippen LogP contribution in [0.5, 0.6) is 0 Å². The van der Waals surface area contributed by atoms with E-state index in [2.05, 4.69) is 38.2 Å². The first kappa shape index (κ1) is 51.9. The van der Waals surface area contributed by atoms with E-state index in [0.717, 1.165) is 57.8 Å². The normalized spacial score (nSPS) is 13.7. The second-order valence-corrected chi connectivity index (χ2v) is 15.4. The second kappa shape index (κ2) is 37.1. The highest BCUT2D eigenvalue weighted by atomic mass is 79.9. The van der Waals surface area contributed by atoms with E-state index in [1.807, 2.05) is 0 Å². The van der Waals surface area contributed by atoms with Crippen LogP contribution in [0.4, 0.5) is 0 Å². The van der Waals surface area contributed by atoms with Crippen LogP contribution in [0.3, 0.4) is 0 Å². The van der Waals surface area contributed by atoms with Gasteiger partial charge in [-0.1, -0.05) is 141 Å². The summed E-state index contributed by atoms with van der Waals surface area (Å²) in [5.41, 5.74) is 5.56. The van der Waals surface area contributed by atoms with Gasteiger partial charge >= 0.3 is 11.9 Å². The van der Waals surface area contributed by atoms with E-state index in [1.54, 1.807) is 20.8 Å². The maximum absolute atomic E-state index is 12.9. The molecule has 0 aromatic rings. The average molecular weight is 787 g/mol. The smallest absolute Gasteiger partial charge is 0.306 e. The number of carbonyl (C=O) groups excluding carboxylic acids is 2. The van der Waals surface area contributed by atoms with Crippen LogP contribution in [-0.4, -0.2) is 41.4 Å². The summed E-state index contributed by atoms with van der Waals surface area (Å²) < 4.78 is 11.6. The molecule has 0 bridgehead atoms. The summed E-state index contributed by atoms with van der Waals surface area (Å²) in [6, 6.07) is 0. The van der Waals surface area contributed by atoms with Gasteiger partial charge in [0.05, 0.1) is 6.61 Å². The minimum absolute atomic E-state index is 0. The Hall–Kier alpha value is -1.18. The highest BCUT2D eigenvalue weighted by Gasteiger charge is 2.39. The predicted octanol–water partition coefficient (Wildman–Crippen LogP) is 12.8. The molecule has 0 aromatic carbocycles. The maximum Gasteiger partial charge on any atom is 0.306 e. The minimum Gasteiger partial charge on any atom is -0.459 e. The molecule has 0 fully saturated rings. The molecular weight excluding hydrogens is 702 g/mol. The summed E-state index contributed by atoms with van der Waals surface area (Å²) in [6.07, 6.45) is 39.7. The van der Waals surface area contributed by atoms with Crippen molar-refractivity contribution in [2.24, 2.45) is 11.7 Å². The fourth-order valence-electron chi connectivity index (χ4n) is 6.49. The third-order valence-electron chi connectivity index (χ3n) is 9.88. The number of aliphatic hydroxyl groups is 1. The zero-order valence-electron chi connectivity index (χ0n) is 34.1. The Bertz CT molecular complexity index is 840. The molecule has 0 spiro atoms. The highest BCUT2D eigenvalue weighted by Crippen LogP contribution is 2.25. The number of rotatable bonds is 36. The van der Waals surface area contributed by atoms with Gasteiger partial charge in [0.1, 0.15) is 12.2 Å². The summed E-state index contributed by atoms with van der Waals surface area (Å²) >= 11 is 0. The van der Waals surface area contributed by atoms with Crippen molar-refractivity contribution < 1.29 is 24.2 Å². The lowest BCUT2D eigenvalue weighted by molar-refractivity contribution is -0.175. The van der Waals surface area contributed by atoms with Gasteiger partial charge in [-0.15, -0.1) is 17.0 Å². The number of hydrogen-bond acceptors (Lipinski definition) is 6. The Kier molecular flexibility index (Phi) is 37.8. The Morgan fingerprint density at radius 2 is 0.882 bits per heavy atom. The Morgan fingerprint density at radius 3 is 1.22 bits per heavy atom. The van der Waals surface area contributed by atoms with Gasteiger partial charge in [0, 0.05) is 24.3 Å². The van der Waals surface area contributed by atoms with E-state index in [1.165, 1.54) is 109 Å². The van der Waals surface area contributed by atoms with Gasteiger partial charge in [0.25, 0.3) is 0 Å². The van der Waals surface area contributed by atoms with Crippen molar-refractivity contribution in [2.45, 2.75) is 232 Å². The van der Waals surface area contributed by atoms with E-state index in [0.29, 0.717) is 12.8 Å². The molecular formula is C44H84BrNO5. The van der Waals surface area contributed by atoms with Crippen LogP contribution in [0, 0.1) is 5.92 Å². The first-order chi connectivity index (χ1) is 24.2. The number of aliphatic hydroxyl groups excluding tert-OH is 1. The van der Waals surface area contributed by atoms with Crippen LogP contribution >= 0.6 is 17.0 Å². The Morgan fingerprint density at radius 1 is 0.569 bits per heavy atom. The third kappa shape index (κ3) is 33.1. The summed E-state index contributed by atoms with van der Waals surface area (Å²) in [5.74, 6) is -1.17. The van der Waals surface area contributed by atoms with Crippen LogP contribution < -0.4 is 5.73 Å². The predicted molar refractivity (Wildman–Crippen MR) is 224 cm³/mol. The Labute approximate surface area is 326 Å². The number of carbonyl (C=O) groups is 2. The molecule has 7 heteroatoms. The largest absolute Gasteiger partial charge is 0.459 e. The SMILES string of the molecule is Br.CCCCCCCCC=CCCCCCCCC(=O)OC(C)C(OC(=O)CCCCCCCC=CCCCCCCCC)C(CO)C(C)(C)N. The lowest BCUT2D eigenvalue weighted by Crippen LogP contribution is -2.53. The van der Waals surface area contributed by atoms with Crippen molar-refractivity contribution in [1.82, 2.24) is 0 Å². The van der Waals surface area contributed by atoms with Gasteiger partial charge < -0.3 is 20.3 Å². The quantitative estimate of drug-likeness (QED) is 0.0373. The van der Waals surface area contributed by atoms with Crippen LogP contribution in [0.25, 0.3) is 0 Å². The monoisotopic (exact) mass is 786 g/mol. The van der Waals surface area contributed by atoms with Gasteiger partial charge in [-0.05, 0) is 85.0 Å². The van der Waals surface area contributed by atoms with Crippen LogP contribution in [0.15, 0.2) is 24.3 Å². The zero-order valence-corrected chi connectivity index (χ0v) is 35.8. The summed E-state index contributed by atoms with van der Waals surface area (Å²) in [5, 5.41) is 10.2. The number of nitrogens with two attached hydrogens (primary N) is 1. The Balaban J connectivity index is 0. The number of ether oxygens (including phenoxy) is 2. The standard InChI is InChI=1S/C44H83NO5.BrH/c1-6-8-10-12-14-16-18-20-22-24-26-28-30-32-34-36-41(47)49-39(3)43(40(38-46)44(4,5)45)50-42(48)37-35-33-31-29-27-25-23-21-19-17-15-13-11-9-7-2;/h20-23,39-40,43,46H,6-19,24-38,45H2,1-5H3;1H. The molecule has 0 aliphatic heterocycles.